The van der Waals surface area contributed by atoms with Gasteiger partial charge in [-0.25, -0.2) is 9.78 Å². The van der Waals surface area contributed by atoms with Crippen molar-refractivity contribution in [3.8, 4) is 0 Å². The van der Waals surface area contributed by atoms with Gasteiger partial charge in [-0.3, -0.25) is 19.8 Å². The molecule has 0 saturated carbocycles. The van der Waals surface area contributed by atoms with E-state index in [1.54, 1.807) is 42.5 Å². The highest BCUT2D eigenvalue weighted by Crippen LogP contribution is 2.34. The zero-order chi connectivity index (χ0) is 23.9. The average Bonchev–Trinajstić information content (AvgIpc) is 3.34. The third-order valence-corrected chi connectivity index (χ3v) is 7.77. The molecule has 2 aromatic heterocycles. The maximum atomic E-state index is 13.1. The van der Waals surface area contributed by atoms with E-state index in [1.807, 2.05) is 6.07 Å². The zero-order valence-corrected chi connectivity index (χ0v) is 19.6. The van der Waals surface area contributed by atoms with Crippen molar-refractivity contribution in [2.75, 3.05) is 0 Å². The number of nitrogens with one attached hydrogen (secondary N) is 3. The van der Waals surface area contributed by atoms with Crippen molar-refractivity contribution in [2.45, 2.75) is 57.4 Å². The fraction of sp³-hybridized carbons (Fsp3) is 0.375. The number of benzene rings is 1. The molecule has 0 radical (unpaired) electrons. The van der Waals surface area contributed by atoms with E-state index in [1.165, 1.54) is 4.88 Å². The summed E-state index contributed by atoms with van der Waals surface area (Å²) >= 11 is 1.55. The molecular formula is C24H25N5O4S. The Morgan fingerprint density at radius 1 is 1.18 bits per heavy atom. The van der Waals surface area contributed by atoms with Gasteiger partial charge in [-0.05, 0) is 43.2 Å². The van der Waals surface area contributed by atoms with Crippen molar-refractivity contribution < 1.29 is 14.4 Å². The van der Waals surface area contributed by atoms with Crippen LogP contribution in [0.2, 0.25) is 0 Å². The fourth-order valence-electron chi connectivity index (χ4n) is 4.78. The number of amides is 4. The second-order valence-electron chi connectivity index (χ2n) is 8.63. The maximum absolute atomic E-state index is 13.1. The van der Waals surface area contributed by atoms with Gasteiger partial charge in [0.2, 0.25) is 5.91 Å². The molecule has 9 nitrogen and oxygen atoms in total. The Balaban J connectivity index is 1.28. The third-order valence-electron chi connectivity index (χ3n) is 6.59. The summed E-state index contributed by atoms with van der Waals surface area (Å²) in [5, 5.41) is 4.14. The summed E-state index contributed by atoms with van der Waals surface area (Å²) in [6.45, 7) is 1.80. The van der Waals surface area contributed by atoms with Crippen molar-refractivity contribution >= 4 is 39.4 Å². The second-order valence-corrected chi connectivity index (χ2v) is 9.72. The van der Waals surface area contributed by atoms with Gasteiger partial charge in [0.15, 0.2) is 0 Å². The van der Waals surface area contributed by atoms with E-state index in [9.17, 15) is 19.2 Å². The summed E-state index contributed by atoms with van der Waals surface area (Å²) < 4.78 is 0. The van der Waals surface area contributed by atoms with Gasteiger partial charge in [0.05, 0.1) is 5.39 Å². The van der Waals surface area contributed by atoms with Gasteiger partial charge in [0, 0.05) is 17.7 Å². The first-order valence-electron chi connectivity index (χ1n) is 11.5. The summed E-state index contributed by atoms with van der Waals surface area (Å²) in [7, 11) is 0. The molecule has 4 amide bonds. The summed E-state index contributed by atoms with van der Waals surface area (Å²) in [5.41, 5.74) is 2.78. The molecule has 1 saturated heterocycles. The lowest BCUT2D eigenvalue weighted by Crippen LogP contribution is -2.48. The molecule has 1 aromatic carbocycles. The van der Waals surface area contributed by atoms with Gasteiger partial charge in [-0.2, -0.15) is 5.01 Å². The number of H-pyrrole nitrogens is 1. The number of fused-ring (bicyclic) bond motifs is 3. The molecule has 3 heterocycles. The summed E-state index contributed by atoms with van der Waals surface area (Å²) in [6, 6.07) is 8.28. The van der Waals surface area contributed by atoms with Crippen LogP contribution in [0.15, 0.2) is 35.1 Å². The van der Waals surface area contributed by atoms with E-state index >= 15 is 0 Å². The molecule has 1 fully saturated rings. The van der Waals surface area contributed by atoms with Crippen LogP contribution >= 0.6 is 11.3 Å². The molecule has 10 heteroatoms. The first kappa shape index (κ1) is 22.3. The van der Waals surface area contributed by atoms with Crippen molar-refractivity contribution in [2.24, 2.45) is 0 Å². The molecule has 1 atom stereocenters. The molecule has 176 valence electrons. The maximum Gasteiger partial charge on any atom is 0.344 e. The van der Waals surface area contributed by atoms with Crippen LogP contribution in [0.4, 0.5) is 4.79 Å². The van der Waals surface area contributed by atoms with Crippen molar-refractivity contribution in [3.05, 3.63) is 62.5 Å². The highest BCUT2D eigenvalue weighted by atomic mass is 32.1. The number of aryl methyl sites for hydroxylation is 3. The Labute approximate surface area is 199 Å². The Hall–Kier alpha value is -3.53. The lowest BCUT2D eigenvalue weighted by atomic mass is 9.87. The molecule has 1 unspecified atom stereocenters. The van der Waals surface area contributed by atoms with Crippen LogP contribution in [0.1, 0.15) is 54.4 Å². The topological polar surface area (TPSA) is 124 Å². The molecule has 0 bridgehead atoms. The van der Waals surface area contributed by atoms with E-state index in [2.05, 4.69) is 20.7 Å². The Kier molecular flexibility index (Phi) is 5.68. The van der Waals surface area contributed by atoms with Crippen LogP contribution in [0, 0.1) is 0 Å². The first-order chi connectivity index (χ1) is 16.4. The molecule has 1 aliphatic carbocycles. The van der Waals surface area contributed by atoms with Gasteiger partial charge in [0.25, 0.3) is 11.5 Å². The Bertz CT molecular complexity index is 1350. The average molecular weight is 480 g/mol. The highest BCUT2D eigenvalue weighted by molar-refractivity contribution is 7.18. The predicted octanol–water partition coefficient (Wildman–Crippen LogP) is 2.68. The number of rotatable bonds is 6. The molecular weight excluding hydrogens is 454 g/mol. The number of aromatic nitrogens is 2. The largest absolute Gasteiger partial charge is 0.344 e. The number of hydrazine groups is 1. The van der Waals surface area contributed by atoms with Gasteiger partial charge in [-0.15, -0.1) is 11.3 Å². The number of urea groups is 1. The number of hydrogen-bond donors (Lipinski definition) is 3. The molecule has 5 rings (SSSR count). The smallest absolute Gasteiger partial charge is 0.318 e. The minimum atomic E-state index is -1.22. The quantitative estimate of drug-likeness (QED) is 0.469. The SMILES string of the molecule is CCC1(c2ccccc2)NC(=O)N(NC(=O)CCc2nc3sc4c(c3c(=O)[nH]2)CCCC4)C1=O. The number of carbonyl (C=O) groups excluding carboxylic acids is 3. The lowest BCUT2D eigenvalue weighted by molar-refractivity contribution is -0.139. The van der Waals surface area contributed by atoms with Crippen LogP contribution in [0.25, 0.3) is 10.2 Å². The second kappa shape index (κ2) is 8.68. The number of carbonyl (C=O) groups is 3. The van der Waals surface area contributed by atoms with E-state index in [4.69, 9.17) is 0 Å². The Morgan fingerprint density at radius 2 is 1.94 bits per heavy atom. The number of imide groups is 1. The van der Waals surface area contributed by atoms with Crippen LogP contribution in [0.5, 0.6) is 0 Å². The standard InChI is InChI=1S/C24H25N5O4S/c1-2-24(14-8-4-3-5-9-14)22(32)29(23(33)27-24)28-18(30)13-12-17-25-20(31)19-15-10-6-7-11-16(15)34-21(19)26-17/h3-5,8-9H,2,6-7,10-13H2,1H3,(H,27,33)(H,28,30)(H,25,26,31). The van der Waals surface area contributed by atoms with Crippen LogP contribution < -0.4 is 16.3 Å². The predicted molar refractivity (Wildman–Crippen MR) is 127 cm³/mol. The minimum Gasteiger partial charge on any atom is -0.318 e. The number of thiophene rings is 1. The minimum absolute atomic E-state index is 0.0406. The van der Waals surface area contributed by atoms with E-state index in [-0.39, 0.29) is 18.4 Å². The molecule has 34 heavy (non-hydrogen) atoms. The summed E-state index contributed by atoms with van der Waals surface area (Å²) in [5.74, 6) is -0.635. The summed E-state index contributed by atoms with van der Waals surface area (Å²) in [4.78, 5) is 60.3. The van der Waals surface area contributed by atoms with E-state index in [0.29, 0.717) is 28.0 Å². The fourth-order valence-corrected chi connectivity index (χ4v) is 6.06. The van der Waals surface area contributed by atoms with Crippen molar-refractivity contribution in [1.82, 2.24) is 25.7 Å². The number of aromatic amines is 1. The van der Waals surface area contributed by atoms with E-state index < -0.39 is 23.4 Å². The zero-order valence-electron chi connectivity index (χ0n) is 18.8. The first-order valence-corrected chi connectivity index (χ1v) is 12.3. The molecule has 2 aliphatic rings. The molecule has 0 spiro atoms. The lowest BCUT2D eigenvalue weighted by Gasteiger charge is -2.25. The van der Waals surface area contributed by atoms with Gasteiger partial charge in [-0.1, -0.05) is 37.3 Å². The van der Waals surface area contributed by atoms with Gasteiger partial charge < -0.3 is 10.3 Å². The number of hydrogen-bond acceptors (Lipinski definition) is 6. The molecule has 3 N–H and O–H groups in total. The molecule has 1 aliphatic heterocycles. The monoisotopic (exact) mass is 479 g/mol. The van der Waals surface area contributed by atoms with Gasteiger partial charge >= 0.3 is 6.03 Å². The van der Waals surface area contributed by atoms with Gasteiger partial charge in [0.1, 0.15) is 16.2 Å². The Morgan fingerprint density at radius 3 is 2.71 bits per heavy atom. The highest BCUT2D eigenvalue weighted by Gasteiger charge is 2.52. The van der Waals surface area contributed by atoms with E-state index in [0.717, 1.165) is 36.3 Å². The number of nitrogens with zero attached hydrogens (tertiary/aromatic N) is 2. The normalized spacial score (nSPS) is 19.9. The third kappa shape index (κ3) is 3.67. The van der Waals surface area contributed by atoms with Crippen LogP contribution in [-0.2, 0) is 34.4 Å². The summed E-state index contributed by atoms with van der Waals surface area (Å²) in [6.07, 6.45) is 4.55. The molecule has 3 aromatic rings. The van der Waals surface area contributed by atoms with Crippen molar-refractivity contribution in [3.63, 3.8) is 0 Å². The van der Waals surface area contributed by atoms with Crippen molar-refractivity contribution in [1.29, 1.82) is 0 Å². The van der Waals surface area contributed by atoms with Crippen LogP contribution in [0.3, 0.4) is 0 Å². The van der Waals surface area contributed by atoms with Crippen LogP contribution in [-0.4, -0.2) is 32.8 Å².